The molecule has 84 valence electrons. The van der Waals surface area contributed by atoms with Crippen LogP contribution in [0.25, 0.3) is 0 Å². The fourth-order valence-corrected chi connectivity index (χ4v) is 2.63. The molecule has 0 aromatic heterocycles. The summed E-state index contributed by atoms with van der Waals surface area (Å²) in [5.41, 5.74) is 0. The van der Waals surface area contributed by atoms with Crippen molar-refractivity contribution in [3.63, 3.8) is 0 Å². The molecule has 0 heterocycles. The first-order chi connectivity index (χ1) is 6.79. The fraction of sp³-hybridized carbons (Fsp3) is 1.00. The molecule has 2 nitrogen and oxygen atoms in total. The lowest BCUT2D eigenvalue weighted by atomic mass is 10.1. The van der Waals surface area contributed by atoms with Gasteiger partial charge in [-0.15, -0.1) is 0 Å². The highest BCUT2D eigenvalue weighted by Gasteiger charge is 2.24. The highest BCUT2D eigenvalue weighted by Crippen LogP contribution is 2.24. The Morgan fingerprint density at radius 3 is 2.50 bits per heavy atom. The summed E-state index contributed by atoms with van der Waals surface area (Å²) in [5.74, 6) is 0. The van der Waals surface area contributed by atoms with Gasteiger partial charge in [0.05, 0.1) is 0 Å². The van der Waals surface area contributed by atoms with E-state index in [4.69, 9.17) is 0 Å². The topological polar surface area (TPSA) is 15.3 Å². The van der Waals surface area contributed by atoms with Gasteiger partial charge in [-0.05, 0) is 33.4 Å². The lowest BCUT2D eigenvalue weighted by molar-refractivity contribution is 0.164. The minimum Gasteiger partial charge on any atom is -0.318 e. The predicted octanol–water partition coefficient (Wildman–Crippen LogP) is 2.25. The van der Waals surface area contributed by atoms with E-state index in [9.17, 15) is 0 Å². The highest BCUT2D eigenvalue weighted by molar-refractivity contribution is 4.81. The van der Waals surface area contributed by atoms with E-state index in [1.54, 1.807) is 0 Å². The van der Waals surface area contributed by atoms with E-state index in [1.165, 1.54) is 38.5 Å². The van der Waals surface area contributed by atoms with Gasteiger partial charge in [0, 0.05) is 18.6 Å². The second-order valence-electron chi connectivity index (χ2n) is 4.60. The van der Waals surface area contributed by atoms with Crippen LogP contribution in [0.3, 0.4) is 0 Å². The molecule has 1 atom stereocenters. The van der Waals surface area contributed by atoms with Gasteiger partial charge in [-0.25, -0.2) is 0 Å². The SMILES string of the molecule is CCCC(CNC)N(C)C1CCCC1. The first-order valence-corrected chi connectivity index (χ1v) is 6.16. The van der Waals surface area contributed by atoms with Crippen molar-refractivity contribution in [3.05, 3.63) is 0 Å². The third kappa shape index (κ3) is 3.25. The number of nitrogens with zero attached hydrogens (tertiary/aromatic N) is 1. The van der Waals surface area contributed by atoms with E-state index in [0.29, 0.717) is 0 Å². The second-order valence-corrected chi connectivity index (χ2v) is 4.60. The summed E-state index contributed by atoms with van der Waals surface area (Å²) in [6.07, 6.45) is 8.33. The molecule has 1 unspecified atom stereocenters. The van der Waals surface area contributed by atoms with Crippen LogP contribution in [0.4, 0.5) is 0 Å². The minimum absolute atomic E-state index is 0.744. The number of likely N-dealkylation sites (N-methyl/N-ethyl adjacent to an activating group) is 2. The van der Waals surface area contributed by atoms with Gasteiger partial charge >= 0.3 is 0 Å². The second kappa shape index (κ2) is 6.41. The highest BCUT2D eigenvalue weighted by atomic mass is 15.2. The van der Waals surface area contributed by atoms with Gasteiger partial charge in [0.15, 0.2) is 0 Å². The zero-order chi connectivity index (χ0) is 10.4. The van der Waals surface area contributed by atoms with Crippen molar-refractivity contribution in [2.24, 2.45) is 0 Å². The van der Waals surface area contributed by atoms with Crippen LogP contribution in [0, 0.1) is 0 Å². The Labute approximate surface area is 89.1 Å². The third-order valence-electron chi connectivity index (χ3n) is 3.54. The van der Waals surface area contributed by atoms with Gasteiger partial charge in [0.2, 0.25) is 0 Å². The van der Waals surface area contributed by atoms with Crippen LogP contribution in [0.5, 0.6) is 0 Å². The molecular weight excluding hydrogens is 172 g/mol. The van der Waals surface area contributed by atoms with Crippen molar-refractivity contribution >= 4 is 0 Å². The molecule has 14 heavy (non-hydrogen) atoms. The number of nitrogens with one attached hydrogen (secondary N) is 1. The number of hydrogen-bond donors (Lipinski definition) is 1. The van der Waals surface area contributed by atoms with Crippen LogP contribution in [0.2, 0.25) is 0 Å². The third-order valence-corrected chi connectivity index (χ3v) is 3.54. The average molecular weight is 198 g/mol. The monoisotopic (exact) mass is 198 g/mol. The van der Waals surface area contributed by atoms with Crippen LogP contribution in [0.1, 0.15) is 45.4 Å². The first-order valence-electron chi connectivity index (χ1n) is 6.16. The summed E-state index contributed by atoms with van der Waals surface area (Å²) >= 11 is 0. The molecule has 0 radical (unpaired) electrons. The van der Waals surface area contributed by atoms with Gasteiger partial charge in [-0.1, -0.05) is 26.2 Å². The van der Waals surface area contributed by atoms with E-state index in [1.807, 2.05) is 0 Å². The van der Waals surface area contributed by atoms with Crippen molar-refractivity contribution in [2.45, 2.75) is 57.5 Å². The number of hydrogen-bond acceptors (Lipinski definition) is 2. The molecule has 2 heteroatoms. The van der Waals surface area contributed by atoms with Crippen LogP contribution in [-0.2, 0) is 0 Å². The van der Waals surface area contributed by atoms with E-state index in [0.717, 1.165) is 18.6 Å². The van der Waals surface area contributed by atoms with Crippen LogP contribution >= 0.6 is 0 Å². The van der Waals surface area contributed by atoms with Crippen molar-refractivity contribution in [1.29, 1.82) is 0 Å². The van der Waals surface area contributed by atoms with E-state index in [-0.39, 0.29) is 0 Å². The molecule has 1 N–H and O–H groups in total. The average Bonchev–Trinajstić information content (AvgIpc) is 2.69. The Kier molecular flexibility index (Phi) is 5.49. The summed E-state index contributed by atoms with van der Waals surface area (Å²) in [7, 11) is 4.37. The van der Waals surface area contributed by atoms with Gasteiger partial charge in [0.1, 0.15) is 0 Å². The molecule has 0 bridgehead atoms. The Balaban J connectivity index is 2.39. The molecule has 0 amide bonds. The summed E-state index contributed by atoms with van der Waals surface area (Å²) < 4.78 is 0. The Hall–Kier alpha value is -0.0800. The maximum Gasteiger partial charge on any atom is 0.0220 e. The smallest absolute Gasteiger partial charge is 0.0220 e. The van der Waals surface area contributed by atoms with Gasteiger partial charge in [-0.3, -0.25) is 4.90 Å². The molecule has 0 aliphatic heterocycles. The van der Waals surface area contributed by atoms with Crippen molar-refractivity contribution in [3.8, 4) is 0 Å². The molecule has 1 fully saturated rings. The molecule has 0 aromatic rings. The molecule has 1 saturated carbocycles. The zero-order valence-corrected chi connectivity index (χ0v) is 10.1. The molecule has 1 aliphatic carbocycles. The van der Waals surface area contributed by atoms with Gasteiger partial charge in [-0.2, -0.15) is 0 Å². The standard InChI is InChI=1S/C12H26N2/c1-4-7-12(10-13-2)14(3)11-8-5-6-9-11/h11-13H,4-10H2,1-3H3. The minimum atomic E-state index is 0.744. The predicted molar refractivity (Wildman–Crippen MR) is 62.6 cm³/mol. The quantitative estimate of drug-likeness (QED) is 0.704. The molecule has 0 saturated heterocycles. The molecule has 1 aliphatic rings. The summed E-state index contributed by atoms with van der Waals surface area (Å²) in [5, 5.41) is 3.32. The normalized spacial score (nSPS) is 20.6. The summed E-state index contributed by atoms with van der Waals surface area (Å²) in [4.78, 5) is 2.62. The first kappa shape index (κ1) is 12.0. The van der Waals surface area contributed by atoms with E-state index >= 15 is 0 Å². The maximum atomic E-state index is 3.32. The molecular formula is C12H26N2. The van der Waals surface area contributed by atoms with Crippen LogP contribution in [0.15, 0.2) is 0 Å². The van der Waals surface area contributed by atoms with Crippen LogP contribution in [-0.4, -0.2) is 37.6 Å². The van der Waals surface area contributed by atoms with Gasteiger partial charge in [0.25, 0.3) is 0 Å². The summed E-state index contributed by atoms with van der Waals surface area (Å²) in [6, 6.07) is 1.60. The van der Waals surface area contributed by atoms with Crippen LogP contribution < -0.4 is 5.32 Å². The molecule has 0 aromatic carbocycles. The van der Waals surface area contributed by atoms with E-state index in [2.05, 4.69) is 31.2 Å². The largest absolute Gasteiger partial charge is 0.318 e. The van der Waals surface area contributed by atoms with Crippen molar-refractivity contribution < 1.29 is 0 Å². The molecule has 0 spiro atoms. The Morgan fingerprint density at radius 1 is 1.36 bits per heavy atom. The maximum absolute atomic E-state index is 3.32. The van der Waals surface area contributed by atoms with Crippen molar-refractivity contribution in [2.75, 3.05) is 20.6 Å². The molecule has 1 rings (SSSR count). The van der Waals surface area contributed by atoms with E-state index < -0.39 is 0 Å². The number of rotatable bonds is 6. The fourth-order valence-electron chi connectivity index (χ4n) is 2.63. The Bertz CT molecular complexity index is 135. The lowest BCUT2D eigenvalue weighted by Crippen LogP contribution is -2.43. The lowest BCUT2D eigenvalue weighted by Gasteiger charge is -2.33. The Morgan fingerprint density at radius 2 is 2.00 bits per heavy atom. The van der Waals surface area contributed by atoms with Crippen molar-refractivity contribution in [1.82, 2.24) is 10.2 Å². The zero-order valence-electron chi connectivity index (χ0n) is 10.1. The van der Waals surface area contributed by atoms with Gasteiger partial charge < -0.3 is 5.32 Å². The summed E-state index contributed by atoms with van der Waals surface area (Å²) in [6.45, 7) is 3.42.